The van der Waals surface area contributed by atoms with E-state index >= 15 is 0 Å². The van der Waals surface area contributed by atoms with Crippen LogP contribution >= 0.6 is 11.3 Å². The molecular formula is C27H26N2O5S. The van der Waals surface area contributed by atoms with Gasteiger partial charge in [0.15, 0.2) is 0 Å². The van der Waals surface area contributed by atoms with Crippen LogP contribution in [0.4, 0.5) is 4.79 Å². The van der Waals surface area contributed by atoms with Crippen LogP contribution in [0.5, 0.6) is 0 Å². The van der Waals surface area contributed by atoms with E-state index in [1.165, 1.54) is 22.5 Å². The molecule has 35 heavy (non-hydrogen) atoms. The van der Waals surface area contributed by atoms with E-state index in [0.29, 0.717) is 13.0 Å². The zero-order valence-electron chi connectivity index (χ0n) is 19.0. The second-order valence-electron chi connectivity index (χ2n) is 8.98. The molecule has 3 N–H and O–H groups in total. The fraction of sp³-hybridized carbons (Fsp3) is 0.296. The molecule has 8 heteroatoms. The predicted molar refractivity (Wildman–Crippen MR) is 132 cm³/mol. The lowest BCUT2D eigenvalue weighted by Crippen LogP contribution is -2.33. The number of hydrogen-bond acceptors (Lipinski definition) is 5. The summed E-state index contributed by atoms with van der Waals surface area (Å²) in [5.41, 5.74) is 4.66. The van der Waals surface area contributed by atoms with Gasteiger partial charge < -0.3 is 20.5 Å². The number of amides is 2. The molecular weight excluding hydrogens is 464 g/mol. The molecule has 1 aromatic heterocycles. The number of carbonyl (C=O) groups is 3. The molecule has 1 fully saturated rings. The molecule has 0 saturated heterocycles. The van der Waals surface area contributed by atoms with E-state index in [4.69, 9.17) is 4.74 Å². The van der Waals surface area contributed by atoms with Crippen molar-refractivity contribution in [3.63, 3.8) is 0 Å². The predicted octanol–water partition coefficient (Wildman–Crippen LogP) is 4.55. The van der Waals surface area contributed by atoms with Gasteiger partial charge in [-0.1, -0.05) is 54.6 Å². The van der Waals surface area contributed by atoms with E-state index < -0.39 is 18.1 Å². The Morgan fingerprint density at radius 1 is 1.00 bits per heavy atom. The summed E-state index contributed by atoms with van der Waals surface area (Å²) in [5, 5.41) is 16.7. The minimum absolute atomic E-state index is 0.00368. The summed E-state index contributed by atoms with van der Waals surface area (Å²) >= 11 is 1.42. The number of rotatable bonds is 9. The molecule has 2 aromatic carbocycles. The Morgan fingerprint density at radius 3 is 2.31 bits per heavy atom. The normalized spacial score (nSPS) is 18.7. The van der Waals surface area contributed by atoms with Gasteiger partial charge in [-0.2, -0.15) is 0 Å². The molecule has 3 aromatic rings. The maximum Gasteiger partial charge on any atom is 0.407 e. The van der Waals surface area contributed by atoms with Crippen molar-refractivity contribution in [1.29, 1.82) is 0 Å². The molecule has 180 valence electrons. The van der Waals surface area contributed by atoms with E-state index in [2.05, 4.69) is 34.9 Å². The molecule has 0 spiro atoms. The van der Waals surface area contributed by atoms with E-state index in [-0.39, 0.29) is 36.7 Å². The SMILES string of the molecule is O=C(O)CC(NC(=O)[C@@H]1C[C@@H]1CNC(=O)OCC1c2ccccc2-c2ccccc21)c1cccs1. The van der Waals surface area contributed by atoms with Gasteiger partial charge in [-0.25, -0.2) is 4.79 Å². The third kappa shape index (κ3) is 5.07. The molecule has 0 aliphatic heterocycles. The summed E-state index contributed by atoms with van der Waals surface area (Å²) in [5.74, 6) is -1.36. The van der Waals surface area contributed by atoms with Crippen LogP contribution < -0.4 is 10.6 Å². The first-order valence-corrected chi connectivity index (χ1v) is 12.5. The largest absolute Gasteiger partial charge is 0.481 e. The van der Waals surface area contributed by atoms with Crippen LogP contribution in [-0.4, -0.2) is 36.2 Å². The first kappa shape index (κ1) is 23.1. The van der Waals surface area contributed by atoms with Gasteiger partial charge in [0, 0.05) is 23.3 Å². The Kier molecular flexibility index (Phi) is 6.55. The number of carboxylic acid groups (broad SMARTS) is 1. The monoisotopic (exact) mass is 490 g/mol. The first-order valence-electron chi connectivity index (χ1n) is 11.7. The van der Waals surface area contributed by atoms with Crippen LogP contribution in [-0.2, 0) is 14.3 Å². The van der Waals surface area contributed by atoms with Gasteiger partial charge in [-0.05, 0) is 46.0 Å². The van der Waals surface area contributed by atoms with Crippen LogP contribution in [0.1, 0.15) is 40.8 Å². The number of hydrogen-bond donors (Lipinski definition) is 3. The average molecular weight is 491 g/mol. The summed E-state index contributed by atoms with van der Waals surface area (Å²) in [6.07, 6.45) is -0.0123. The summed E-state index contributed by atoms with van der Waals surface area (Å²) < 4.78 is 5.56. The summed E-state index contributed by atoms with van der Waals surface area (Å²) in [6.45, 7) is 0.587. The van der Waals surface area contributed by atoms with E-state index in [0.717, 1.165) is 16.0 Å². The maximum atomic E-state index is 12.6. The van der Waals surface area contributed by atoms with Gasteiger partial charge in [0.05, 0.1) is 12.5 Å². The Morgan fingerprint density at radius 2 is 1.69 bits per heavy atom. The fourth-order valence-electron chi connectivity index (χ4n) is 4.82. The quantitative estimate of drug-likeness (QED) is 0.408. The number of aliphatic carboxylic acids is 1. The summed E-state index contributed by atoms with van der Waals surface area (Å²) in [6, 6.07) is 19.4. The van der Waals surface area contributed by atoms with Crippen molar-refractivity contribution < 1.29 is 24.2 Å². The number of nitrogens with one attached hydrogen (secondary N) is 2. The molecule has 0 bridgehead atoms. The van der Waals surface area contributed by atoms with E-state index in [1.807, 2.05) is 41.8 Å². The van der Waals surface area contributed by atoms with Gasteiger partial charge in [0.25, 0.3) is 0 Å². The third-order valence-electron chi connectivity index (χ3n) is 6.69. The van der Waals surface area contributed by atoms with Gasteiger partial charge in [0.2, 0.25) is 5.91 Å². The first-order chi connectivity index (χ1) is 17.0. The van der Waals surface area contributed by atoms with E-state index in [9.17, 15) is 19.5 Å². The fourth-order valence-corrected chi connectivity index (χ4v) is 5.60. The lowest BCUT2D eigenvalue weighted by Gasteiger charge is -2.16. The maximum absolute atomic E-state index is 12.6. The molecule has 0 radical (unpaired) electrons. The Hall–Kier alpha value is -3.65. The number of carbonyl (C=O) groups excluding carboxylic acids is 2. The van der Waals surface area contributed by atoms with Crippen molar-refractivity contribution in [1.82, 2.24) is 10.6 Å². The third-order valence-corrected chi connectivity index (χ3v) is 7.68. The number of carboxylic acids is 1. The highest BCUT2D eigenvalue weighted by molar-refractivity contribution is 7.10. The van der Waals surface area contributed by atoms with Crippen molar-refractivity contribution in [3.8, 4) is 11.1 Å². The molecule has 3 atom stereocenters. The van der Waals surface area contributed by atoms with E-state index in [1.54, 1.807) is 0 Å². The van der Waals surface area contributed by atoms with Gasteiger partial charge in [-0.15, -0.1) is 11.3 Å². The number of fused-ring (bicyclic) bond motifs is 3. The van der Waals surface area contributed by atoms with Crippen molar-refractivity contribution >= 4 is 29.3 Å². The highest BCUT2D eigenvalue weighted by Gasteiger charge is 2.43. The molecule has 5 rings (SSSR count). The zero-order chi connectivity index (χ0) is 24.4. The Balaban J connectivity index is 1.10. The highest BCUT2D eigenvalue weighted by Crippen LogP contribution is 2.44. The summed E-state index contributed by atoms with van der Waals surface area (Å²) in [7, 11) is 0. The molecule has 1 unspecified atom stereocenters. The van der Waals surface area contributed by atoms with Crippen molar-refractivity contribution in [2.75, 3.05) is 13.2 Å². The number of alkyl carbamates (subject to hydrolysis) is 1. The van der Waals surface area contributed by atoms with Crippen LogP contribution in [0.2, 0.25) is 0 Å². The highest BCUT2D eigenvalue weighted by atomic mass is 32.1. The minimum atomic E-state index is -0.965. The number of benzene rings is 2. The van der Waals surface area contributed by atoms with Crippen LogP contribution in [0, 0.1) is 11.8 Å². The molecule has 2 amide bonds. The number of thiophene rings is 1. The second-order valence-corrected chi connectivity index (χ2v) is 9.96. The van der Waals surface area contributed by atoms with Gasteiger partial charge in [-0.3, -0.25) is 9.59 Å². The molecule has 1 saturated carbocycles. The van der Waals surface area contributed by atoms with Crippen LogP contribution in [0.15, 0.2) is 66.0 Å². The average Bonchev–Trinajstić information content (AvgIpc) is 3.29. The molecule has 2 aliphatic carbocycles. The topological polar surface area (TPSA) is 105 Å². The lowest BCUT2D eigenvalue weighted by molar-refractivity contribution is -0.137. The molecule has 7 nitrogen and oxygen atoms in total. The Labute approximate surface area is 207 Å². The summed E-state index contributed by atoms with van der Waals surface area (Å²) in [4.78, 5) is 37.0. The smallest absolute Gasteiger partial charge is 0.407 e. The molecule has 1 heterocycles. The van der Waals surface area contributed by atoms with Crippen molar-refractivity contribution in [2.24, 2.45) is 11.8 Å². The standard InChI is InChI=1S/C27H26N2O5S/c30-25(31)13-23(24-10-5-11-35-24)29-26(32)21-12-16(21)14-28-27(33)34-15-22-19-8-3-1-6-17(19)18-7-2-4-9-20(18)22/h1-11,16,21-23H,12-15H2,(H,28,33)(H,29,32)(H,30,31)/t16-,21-,23?/m1/s1. The van der Waals surface area contributed by atoms with Crippen LogP contribution in [0.3, 0.4) is 0 Å². The van der Waals surface area contributed by atoms with Crippen molar-refractivity contribution in [2.45, 2.75) is 24.8 Å². The second kappa shape index (κ2) is 9.92. The zero-order valence-corrected chi connectivity index (χ0v) is 19.8. The Bertz CT molecular complexity index is 1200. The van der Waals surface area contributed by atoms with Gasteiger partial charge >= 0.3 is 12.1 Å². The molecule has 2 aliphatic rings. The minimum Gasteiger partial charge on any atom is -0.481 e. The van der Waals surface area contributed by atoms with Gasteiger partial charge in [0.1, 0.15) is 6.61 Å². The van der Waals surface area contributed by atoms with Crippen molar-refractivity contribution in [3.05, 3.63) is 82.0 Å². The number of ether oxygens (including phenoxy) is 1. The lowest BCUT2D eigenvalue weighted by atomic mass is 9.98. The van der Waals surface area contributed by atoms with Crippen LogP contribution in [0.25, 0.3) is 11.1 Å².